The van der Waals surface area contributed by atoms with E-state index in [2.05, 4.69) is 10.0 Å². The molecule has 26 heavy (non-hydrogen) atoms. The molecule has 0 spiro atoms. The number of amides is 1. The predicted molar refractivity (Wildman–Crippen MR) is 103 cm³/mol. The first-order chi connectivity index (χ1) is 12.2. The Morgan fingerprint density at radius 2 is 1.85 bits per heavy atom. The van der Waals surface area contributed by atoms with Gasteiger partial charge in [-0.1, -0.05) is 29.3 Å². The quantitative estimate of drug-likeness (QED) is 0.721. The molecule has 0 aliphatic rings. The molecule has 2 aromatic rings. The third-order valence-electron chi connectivity index (χ3n) is 3.48. The number of aryl methyl sites for hydroxylation is 1. The Morgan fingerprint density at radius 3 is 2.46 bits per heavy atom. The molecule has 0 heterocycles. The number of ether oxygens (including phenoxy) is 1. The molecule has 0 radical (unpaired) electrons. The fourth-order valence-electron chi connectivity index (χ4n) is 2.13. The van der Waals surface area contributed by atoms with Crippen molar-refractivity contribution in [1.82, 2.24) is 4.72 Å². The van der Waals surface area contributed by atoms with Gasteiger partial charge in [-0.3, -0.25) is 4.79 Å². The number of rotatable bonds is 7. The maximum absolute atomic E-state index is 12.3. The lowest BCUT2D eigenvalue weighted by Gasteiger charge is -2.10. The van der Waals surface area contributed by atoms with Gasteiger partial charge >= 0.3 is 0 Å². The molecule has 0 saturated carbocycles. The van der Waals surface area contributed by atoms with Crippen LogP contribution in [0.5, 0.6) is 5.75 Å². The van der Waals surface area contributed by atoms with Crippen LogP contribution in [-0.4, -0.2) is 28.0 Å². The lowest BCUT2D eigenvalue weighted by atomic mass is 10.2. The SMILES string of the molecule is COc1ccc(S(=O)(=O)NCCC(=O)Nc2ccc(C)cc2Cl)cc1Cl. The number of anilines is 1. The minimum absolute atomic E-state index is 0.00899. The van der Waals surface area contributed by atoms with Gasteiger partial charge in [0, 0.05) is 13.0 Å². The molecule has 2 aromatic carbocycles. The molecule has 0 aromatic heterocycles. The third kappa shape index (κ3) is 5.35. The summed E-state index contributed by atoms with van der Waals surface area (Å²) in [5.41, 5.74) is 1.45. The van der Waals surface area contributed by atoms with E-state index in [1.54, 1.807) is 12.1 Å². The van der Waals surface area contributed by atoms with Crippen LogP contribution in [0.25, 0.3) is 0 Å². The molecule has 9 heteroatoms. The maximum Gasteiger partial charge on any atom is 0.240 e. The number of halogens is 2. The van der Waals surface area contributed by atoms with Gasteiger partial charge in [-0.2, -0.15) is 0 Å². The number of sulfonamides is 1. The smallest absolute Gasteiger partial charge is 0.240 e. The first kappa shape index (κ1) is 20.5. The van der Waals surface area contributed by atoms with E-state index in [0.717, 1.165) is 5.56 Å². The number of hydrogen-bond donors (Lipinski definition) is 2. The molecule has 0 aliphatic heterocycles. The number of carbonyl (C=O) groups is 1. The molecule has 0 unspecified atom stereocenters. The van der Waals surface area contributed by atoms with Crippen molar-refractivity contribution in [3.05, 3.63) is 52.0 Å². The van der Waals surface area contributed by atoms with E-state index in [9.17, 15) is 13.2 Å². The molecule has 0 atom stereocenters. The molecule has 140 valence electrons. The van der Waals surface area contributed by atoms with Crippen molar-refractivity contribution in [2.45, 2.75) is 18.2 Å². The highest BCUT2D eigenvalue weighted by Crippen LogP contribution is 2.27. The van der Waals surface area contributed by atoms with E-state index >= 15 is 0 Å². The molecule has 0 aliphatic carbocycles. The van der Waals surface area contributed by atoms with Crippen LogP contribution in [0.4, 0.5) is 5.69 Å². The summed E-state index contributed by atoms with van der Waals surface area (Å²) >= 11 is 12.0. The fourth-order valence-corrected chi connectivity index (χ4v) is 3.79. The van der Waals surface area contributed by atoms with Crippen molar-refractivity contribution in [1.29, 1.82) is 0 Å². The van der Waals surface area contributed by atoms with Crippen LogP contribution >= 0.6 is 23.2 Å². The summed E-state index contributed by atoms with van der Waals surface area (Å²) in [7, 11) is -2.35. The van der Waals surface area contributed by atoms with Crippen LogP contribution in [-0.2, 0) is 14.8 Å². The van der Waals surface area contributed by atoms with E-state index in [0.29, 0.717) is 16.5 Å². The zero-order chi connectivity index (χ0) is 19.3. The second kappa shape index (κ2) is 8.73. The van der Waals surface area contributed by atoms with Gasteiger partial charge in [0.1, 0.15) is 5.75 Å². The van der Waals surface area contributed by atoms with Crippen LogP contribution in [0.3, 0.4) is 0 Å². The minimum Gasteiger partial charge on any atom is -0.495 e. The van der Waals surface area contributed by atoms with Crippen LogP contribution in [0.15, 0.2) is 41.3 Å². The summed E-state index contributed by atoms with van der Waals surface area (Å²) < 4.78 is 31.9. The van der Waals surface area contributed by atoms with Gasteiger partial charge in [-0.25, -0.2) is 13.1 Å². The molecule has 2 N–H and O–H groups in total. The summed E-state index contributed by atoms with van der Waals surface area (Å²) in [6.07, 6.45) is -0.0483. The number of benzene rings is 2. The molecule has 0 fully saturated rings. The second-order valence-electron chi connectivity index (χ2n) is 5.48. The van der Waals surface area contributed by atoms with Crippen molar-refractivity contribution in [2.75, 3.05) is 19.0 Å². The Kier molecular flexibility index (Phi) is 6.88. The summed E-state index contributed by atoms with van der Waals surface area (Å²) in [6, 6.07) is 9.36. The average Bonchev–Trinajstić information content (AvgIpc) is 2.57. The molecular formula is C17H18Cl2N2O4S. The highest BCUT2D eigenvalue weighted by atomic mass is 35.5. The topological polar surface area (TPSA) is 84.5 Å². The van der Waals surface area contributed by atoms with Gasteiger partial charge in [-0.15, -0.1) is 0 Å². The van der Waals surface area contributed by atoms with Crippen molar-refractivity contribution in [2.24, 2.45) is 0 Å². The molecular weight excluding hydrogens is 399 g/mol. The molecule has 0 bridgehead atoms. The zero-order valence-electron chi connectivity index (χ0n) is 14.2. The first-order valence-corrected chi connectivity index (χ1v) is 9.86. The van der Waals surface area contributed by atoms with E-state index in [4.69, 9.17) is 27.9 Å². The Morgan fingerprint density at radius 1 is 1.12 bits per heavy atom. The summed E-state index contributed by atoms with van der Waals surface area (Å²) in [4.78, 5) is 12.0. The third-order valence-corrected chi connectivity index (χ3v) is 5.54. The van der Waals surface area contributed by atoms with Gasteiger partial charge in [0.2, 0.25) is 15.9 Å². The minimum atomic E-state index is -3.79. The number of hydrogen-bond acceptors (Lipinski definition) is 4. The monoisotopic (exact) mass is 416 g/mol. The van der Waals surface area contributed by atoms with Gasteiger partial charge in [-0.05, 0) is 42.8 Å². The van der Waals surface area contributed by atoms with E-state index in [1.807, 2.05) is 13.0 Å². The van der Waals surface area contributed by atoms with Gasteiger partial charge in [0.25, 0.3) is 0 Å². The van der Waals surface area contributed by atoms with E-state index in [-0.39, 0.29) is 28.8 Å². The largest absolute Gasteiger partial charge is 0.495 e. The maximum atomic E-state index is 12.3. The Labute approximate surface area is 162 Å². The summed E-state index contributed by atoms with van der Waals surface area (Å²) in [6.45, 7) is 1.82. The van der Waals surface area contributed by atoms with Gasteiger partial charge in [0.15, 0.2) is 0 Å². The normalized spacial score (nSPS) is 11.2. The molecule has 0 saturated heterocycles. The summed E-state index contributed by atoms with van der Waals surface area (Å²) in [5, 5.41) is 3.25. The van der Waals surface area contributed by atoms with Crippen LogP contribution in [0.2, 0.25) is 10.0 Å². The number of methoxy groups -OCH3 is 1. The second-order valence-corrected chi connectivity index (χ2v) is 8.06. The van der Waals surface area contributed by atoms with Gasteiger partial charge in [0.05, 0.1) is 27.7 Å². The van der Waals surface area contributed by atoms with E-state index in [1.165, 1.54) is 25.3 Å². The van der Waals surface area contributed by atoms with Crippen LogP contribution < -0.4 is 14.8 Å². The Balaban J connectivity index is 1.93. The molecule has 1 amide bonds. The highest BCUT2D eigenvalue weighted by molar-refractivity contribution is 7.89. The lowest BCUT2D eigenvalue weighted by molar-refractivity contribution is -0.116. The van der Waals surface area contributed by atoms with Crippen LogP contribution in [0.1, 0.15) is 12.0 Å². The lowest BCUT2D eigenvalue weighted by Crippen LogP contribution is -2.27. The van der Waals surface area contributed by atoms with Crippen molar-refractivity contribution in [3.8, 4) is 5.75 Å². The first-order valence-electron chi connectivity index (χ1n) is 7.62. The Hall–Kier alpha value is -1.80. The standard InChI is InChI=1S/C17H18Cl2N2O4S/c1-11-3-5-15(13(18)9-11)21-17(22)7-8-20-26(23,24)12-4-6-16(25-2)14(19)10-12/h3-6,9-10,20H,7-8H2,1-2H3,(H,21,22). The van der Waals surface area contributed by atoms with Crippen LogP contribution in [0, 0.1) is 6.92 Å². The highest BCUT2D eigenvalue weighted by Gasteiger charge is 2.16. The molecule has 2 rings (SSSR count). The van der Waals surface area contributed by atoms with Crippen molar-refractivity contribution >= 4 is 44.8 Å². The van der Waals surface area contributed by atoms with E-state index < -0.39 is 10.0 Å². The van der Waals surface area contributed by atoms with Gasteiger partial charge < -0.3 is 10.1 Å². The van der Waals surface area contributed by atoms with Crippen molar-refractivity contribution in [3.63, 3.8) is 0 Å². The number of carbonyl (C=O) groups excluding carboxylic acids is 1. The summed E-state index contributed by atoms with van der Waals surface area (Å²) in [5.74, 6) is 0.0196. The zero-order valence-corrected chi connectivity index (χ0v) is 16.5. The van der Waals surface area contributed by atoms with Crippen molar-refractivity contribution < 1.29 is 17.9 Å². The average molecular weight is 417 g/mol. The fraction of sp³-hybridized carbons (Fsp3) is 0.235. The molecule has 6 nitrogen and oxygen atoms in total. The number of nitrogens with one attached hydrogen (secondary N) is 2. The predicted octanol–water partition coefficient (Wildman–Crippen LogP) is 3.62. The Bertz CT molecular complexity index is 917.